The Labute approximate surface area is 182 Å². The fraction of sp³-hybridized carbons (Fsp3) is 0.0476. The van der Waals surface area contributed by atoms with Crippen LogP contribution in [0.3, 0.4) is 0 Å². The molecule has 0 radical (unpaired) electrons. The first-order chi connectivity index (χ1) is 15.2. The highest BCUT2D eigenvalue weighted by Crippen LogP contribution is 2.26. The van der Waals surface area contributed by atoms with Crippen molar-refractivity contribution in [1.82, 2.24) is 10.9 Å². The van der Waals surface area contributed by atoms with Crippen molar-refractivity contribution < 1.29 is 31.5 Å². The summed E-state index contributed by atoms with van der Waals surface area (Å²) in [6, 6.07) is 13.8. The van der Waals surface area contributed by atoms with E-state index in [-0.39, 0.29) is 16.1 Å². The number of hydrogen-bond acceptors (Lipinski definition) is 5. The lowest BCUT2D eigenvalue weighted by Gasteiger charge is -2.12. The van der Waals surface area contributed by atoms with E-state index in [0.717, 1.165) is 18.2 Å². The average molecular weight is 461 g/mol. The van der Waals surface area contributed by atoms with Gasteiger partial charge in [-0.2, -0.15) is 0 Å². The summed E-state index contributed by atoms with van der Waals surface area (Å²) in [7, 11) is -2.68. The number of halogens is 2. The molecule has 0 spiro atoms. The van der Waals surface area contributed by atoms with E-state index in [1.54, 1.807) is 18.2 Å². The molecule has 3 aromatic carbocycles. The number of hydrogen-bond donors (Lipinski definition) is 3. The van der Waals surface area contributed by atoms with Gasteiger partial charge in [0.25, 0.3) is 21.8 Å². The smallest absolute Gasteiger partial charge is 0.272 e. The Morgan fingerprint density at radius 2 is 1.59 bits per heavy atom. The van der Waals surface area contributed by atoms with Crippen molar-refractivity contribution >= 4 is 27.5 Å². The molecule has 166 valence electrons. The number of methoxy groups -OCH3 is 1. The second kappa shape index (κ2) is 9.43. The minimum absolute atomic E-state index is 0.0900. The van der Waals surface area contributed by atoms with Gasteiger partial charge in [-0.15, -0.1) is 0 Å². The lowest BCUT2D eigenvalue weighted by molar-refractivity contribution is 0.0844. The van der Waals surface area contributed by atoms with Gasteiger partial charge in [-0.25, -0.2) is 17.2 Å². The number of benzene rings is 3. The zero-order valence-electron chi connectivity index (χ0n) is 16.6. The topological polar surface area (TPSA) is 114 Å². The molecule has 0 aliphatic rings. The molecule has 0 heterocycles. The van der Waals surface area contributed by atoms with Gasteiger partial charge in [0.1, 0.15) is 17.4 Å². The van der Waals surface area contributed by atoms with Crippen molar-refractivity contribution in [2.24, 2.45) is 0 Å². The molecule has 11 heteroatoms. The number of carbonyl (C=O) groups excluding carboxylic acids is 2. The number of hydrazine groups is 1. The standard InChI is InChI=1S/C21H17F2N3O5S/c1-31-19-8-3-2-7-18(19)26-32(29,30)15-6-4-5-13(11-15)20(27)24-25-21(28)16-10-9-14(22)12-17(16)23/h2-12,26H,1H3,(H,24,27)(H,25,28). The average Bonchev–Trinajstić information content (AvgIpc) is 2.77. The lowest BCUT2D eigenvalue weighted by Crippen LogP contribution is -2.42. The summed E-state index contributed by atoms with van der Waals surface area (Å²) in [4.78, 5) is 24.1. The molecule has 0 aliphatic heterocycles. The Morgan fingerprint density at radius 3 is 2.31 bits per heavy atom. The molecule has 0 saturated carbocycles. The molecule has 0 fully saturated rings. The molecule has 0 aromatic heterocycles. The molecular formula is C21H17F2N3O5S. The van der Waals surface area contributed by atoms with E-state index in [4.69, 9.17) is 4.74 Å². The van der Waals surface area contributed by atoms with Crippen LogP contribution in [-0.2, 0) is 10.0 Å². The van der Waals surface area contributed by atoms with Crippen LogP contribution in [0.2, 0.25) is 0 Å². The molecule has 3 aromatic rings. The molecule has 3 N–H and O–H groups in total. The minimum Gasteiger partial charge on any atom is -0.495 e. The first-order valence-corrected chi connectivity index (χ1v) is 10.5. The predicted molar refractivity (Wildman–Crippen MR) is 112 cm³/mol. The number of nitrogens with one attached hydrogen (secondary N) is 3. The highest BCUT2D eigenvalue weighted by atomic mass is 32.2. The molecule has 8 nitrogen and oxygen atoms in total. The van der Waals surface area contributed by atoms with Crippen molar-refractivity contribution in [3.05, 3.63) is 89.5 Å². The summed E-state index contributed by atoms with van der Waals surface area (Å²) in [5.41, 5.74) is 3.67. The fourth-order valence-corrected chi connectivity index (χ4v) is 3.78. The summed E-state index contributed by atoms with van der Waals surface area (Å²) < 4.78 is 59.6. The number of carbonyl (C=O) groups is 2. The number of rotatable bonds is 6. The maximum Gasteiger partial charge on any atom is 0.272 e. The SMILES string of the molecule is COc1ccccc1NS(=O)(=O)c1cccc(C(=O)NNC(=O)c2ccc(F)cc2F)c1. The predicted octanol–water partition coefficient (Wildman–Crippen LogP) is 2.85. The Hall–Kier alpha value is -3.99. The first-order valence-electron chi connectivity index (χ1n) is 9.03. The third kappa shape index (κ3) is 5.19. The molecular weight excluding hydrogens is 444 g/mol. The van der Waals surface area contributed by atoms with Gasteiger partial charge in [-0.3, -0.25) is 25.2 Å². The van der Waals surface area contributed by atoms with Gasteiger partial charge in [0.05, 0.1) is 23.3 Å². The van der Waals surface area contributed by atoms with Gasteiger partial charge >= 0.3 is 0 Å². The van der Waals surface area contributed by atoms with Gasteiger partial charge < -0.3 is 4.74 Å². The quantitative estimate of drug-likeness (QED) is 0.489. The molecule has 32 heavy (non-hydrogen) atoms. The van der Waals surface area contributed by atoms with Crippen molar-refractivity contribution in [3.63, 3.8) is 0 Å². The molecule has 3 rings (SSSR count). The normalized spacial score (nSPS) is 10.8. The van der Waals surface area contributed by atoms with E-state index in [0.29, 0.717) is 11.8 Å². The van der Waals surface area contributed by atoms with Crippen LogP contribution in [0, 0.1) is 11.6 Å². The fourth-order valence-electron chi connectivity index (χ4n) is 2.66. The highest BCUT2D eigenvalue weighted by molar-refractivity contribution is 7.92. The van der Waals surface area contributed by atoms with E-state index in [1.807, 2.05) is 5.43 Å². The van der Waals surface area contributed by atoms with Crippen molar-refractivity contribution in [1.29, 1.82) is 0 Å². The minimum atomic E-state index is -4.07. The largest absolute Gasteiger partial charge is 0.495 e. The van der Waals surface area contributed by atoms with Crippen molar-refractivity contribution in [3.8, 4) is 5.75 Å². The van der Waals surface area contributed by atoms with Crippen LogP contribution in [-0.4, -0.2) is 27.3 Å². The van der Waals surface area contributed by atoms with Crippen LogP contribution in [0.15, 0.2) is 71.6 Å². The maximum absolute atomic E-state index is 13.7. The van der Waals surface area contributed by atoms with Crippen LogP contribution in [0.1, 0.15) is 20.7 Å². The van der Waals surface area contributed by atoms with Gasteiger partial charge in [-0.1, -0.05) is 18.2 Å². The van der Waals surface area contributed by atoms with E-state index < -0.39 is 39.0 Å². The van der Waals surface area contributed by atoms with Crippen LogP contribution in [0.5, 0.6) is 5.75 Å². The number of sulfonamides is 1. The lowest BCUT2D eigenvalue weighted by atomic mass is 10.2. The molecule has 0 aliphatic carbocycles. The Kier molecular flexibility index (Phi) is 6.69. The zero-order chi connectivity index (χ0) is 23.3. The monoisotopic (exact) mass is 461 g/mol. The van der Waals surface area contributed by atoms with Crippen LogP contribution < -0.4 is 20.3 Å². The second-order valence-electron chi connectivity index (χ2n) is 6.37. The number of ether oxygens (including phenoxy) is 1. The van der Waals surface area contributed by atoms with E-state index in [1.165, 1.54) is 31.4 Å². The first kappa shape index (κ1) is 22.7. The summed E-state index contributed by atoms with van der Waals surface area (Å²) in [5, 5.41) is 0. The van der Waals surface area contributed by atoms with Crippen molar-refractivity contribution in [2.75, 3.05) is 11.8 Å². The van der Waals surface area contributed by atoms with E-state index in [9.17, 15) is 26.8 Å². The number of para-hydroxylation sites is 2. The molecule has 0 saturated heterocycles. The Bertz CT molecular complexity index is 1280. The highest BCUT2D eigenvalue weighted by Gasteiger charge is 2.19. The zero-order valence-corrected chi connectivity index (χ0v) is 17.4. The summed E-state index contributed by atoms with van der Waals surface area (Å²) >= 11 is 0. The molecule has 0 bridgehead atoms. The van der Waals surface area contributed by atoms with Crippen LogP contribution >= 0.6 is 0 Å². The molecule has 0 atom stereocenters. The summed E-state index contributed by atoms with van der Waals surface area (Å²) in [5.74, 6) is -3.52. The van der Waals surface area contributed by atoms with Crippen molar-refractivity contribution in [2.45, 2.75) is 4.90 Å². The maximum atomic E-state index is 13.7. The molecule has 2 amide bonds. The van der Waals surface area contributed by atoms with E-state index in [2.05, 4.69) is 10.1 Å². The summed E-state index contributed by atoms with van der Waals surface area (Å²) in [6.07, 6.45) is 0. The second-order valence-corrected chi connectivity index (χ2v) is 8.05. The third-order valence-electron chi connectivity index (χ3n) is 4.22. The van der Waals surface area contributed by atoms with E-state index >= 15 is 0 Å². The van der Waals surface area contributed by atoms with Gasteiger partial charge in [0.15, 0.2) is 0 Å². The van der Waals surface area contributed by atoms with Gasteiger partial charge in [0.2, 0.25) is 0 Å². The van der Waals surface area contributed by atoms with Crippen LogP contribution in [0.25, 0.3) is 0 Å². The Morgan fingerprint density at radius 1 is 0.875 bits per heavy atom. The Balaban J connectivity index is 1.73. The number of amides is 2. The number of anilines is 1. The van der Waals surface area contributed by atoms with Gasteiger partial charge in [-0.05, 0) is 42.5 Å². The molecule has 0 unspecified atom stereocenters. The van der Waals surface area contributed by atoms with Crippen LogP contribution in [0.4, 0.5) is 14.5 Å². The summed E-state index contributed by atoms with van der Waals surface area (Å²) in [6.45, 7) is 0. The third-order valence-corrected chi connectivity index (χ3v) is 5.59. The van der Waals surface area contributed by atoms with Gasteiger partial charge in [0, 0.05) is 11.6 Å².